The number of benzene rings is 1. The highest BCUT2D eigenvalue weighted by Crippen LogP contribution is 2.35. The number of nitrogens with one attached hydrogen (secondary N) is 1. The molecule has 9 heteroatoms. The van der Waals surface area contributed by atoms with Gasteiger partial charge in [-0.1, -0.05) is 11.6 Å². The number of anilines is 2. The molecule has 2 saturated heterocycles. The number of piperidine rings is 1. The minimum absolute atomic E-state index is 0.0788. The number of aryl methyl sites for hydroxylation is 2. The molecule has 0 saturated carbocycles. The van der Waals surface area contributed by atoms with E-state index in [1.807, 2.05) is 47.5 Å². The second-order valence-corrected chi connectivity index (χ2v) is 12.2. The van der Waals surface area contributed by atoms with E-state index < -0.39 is 9.71 Å². The topological polar surface area (TPSA) is 82.8 Å². The summed E-state index contributed by atoms with van der Waals surface area (Å²) in [5.74, 6) is 4.73. The fourth-order valence-corrected chi connectivity index (χ4v) is 5.70. The molecule has 35 heavy (non-hydrogen) atoms. The van der Waals surface area contributed by atoms with Crippen LogP contribution < -0.4 is 9.62 Å². The number of carbonyl (C=O) groups is 1. The Hall–Kier alpha value is -3.07. The molecular formula is C26H34N6O2S. The van der Waals surface area contributed by atoms with Gasteiger partial charge < -0.3 is 14.5 Å². The molecule has 5 rings (SSSR count). The molecule has 2 aliphatic rings. The second kappa shape index (κ2) is 8.86. The zero-order chi connectivity index (χ0) is 24.9. The summed E-state index contributed by atoms with van der Waals surface area (Å²) in [6.45, 7) is 8.81. The van der Waals surface area contributed by atoms with E-state index in [-0.39, 0.29) is 11.9 Å². The maximum absolute atomic E-state index is 13.9. The standard InChI is InChI=1S/C26H34N6O2S/c1-17-10-11-21(29-35(4,5)34)20(15-17)26(33)31-14-7-6-9-23(31)22-16-24-27-19(3)18(2)25(32(24)28-22)30-12-8-13-30/h10-11,15-16,23H,4,6-9,12-14H2,1-3,5H3,(H,29,34)/t23-,35?/m0/s1. The number of carbonyl (C=O) groups excluding carboxylic acids is 1. The first kappa shape index (κ1) is 23.7. The molecule has 8 nitrogen and oxygen atoms in total. The van der Waals surface area contributed by atoms with Gasteiger partial charge in [0.2, 0.25) is 0 Å². The van der Waals surface area contributed by atoms with E-state index in [0.29, 0.717) is 17.8 Å². The van der Waals surface area contributed by atoms with Crippen LogP contribution in [0.3, 0.4) is 0 Å². The van der Waals surface area contributed by atoms with Crippen LogP contribution in [0.25, 0.3) is 5.65 Å². The van der Waals surface area contributed by atoms with Crippen molar-refractivity contribution in [3.63, 3.8) is 0 Å². The Labute approximate surface area is 207 Å². The molecule has 2 atom stereocenters. The highest BCUT2D eigenvalue weighted by atomic mass is 32.2. The number of nitrogens with zero attached hydrogens (tertiary/aromatic N) is 5. The second-order valence-electron chi connectivity index (χ2n) is 9.99. The van der Waals surface area contributed by atoms with Gasteiger partial charge in [0, 0.05) is 52.9 Å². The van der Waals surface area contributed by atoms with Gasteiger partial charge in [-0.2, -0.15) is 9.61 Å². The van der Waals surface area contributed by atoms with Crippen molar-refractivity contribution in [2.24, 2.45) is 0 Å². The Morgan fingerprint density at radius 2 is 1.89 bits per heavy atom. The third kappa shape index (κ3) is 4.49. The van der Waals surface area contributed by atoms with E-state index in [4.69, 9.17) is 10.1 Å². The first-order valence-corrected chi connectivity index (χ1v) is 14.4. The maximum Gasteiger partial charge on any atom is 0.256 e. The quantitative estimate of drug-likeness (QED) is 0.544. The Morgan fingerprint density at radius 1 is 1.11 bits per heavy atom. The highest BCUT2D eigenvalue weighted by Gasteiger charge is 2.33. The van der Waals surface area contributed by atoms with Crippen LogP contribution in [0.5, 0.6) is 0 Å². The Kier molecular flexibility index (Phi) is 5.99. The molecule has 1 aromatic carbocycles. The van der Waals surface area contributed by atoms with Crippen molar-refractivity contribution in [2.75, 3.05) is 35.5 Å². The van der Waals surface area contributed by atoms with Crippen molar-refractivity contribution < 1.29 is 9.00 Å². The van der Waals surface area contributed by atoms with Crippen LogP contribution in [0.15, 0.2) is 24.3 Å². The predicted octanol–water partition coefficient (Wildman–Crippen LogP) is 3.91. The number of hydrogen-bond donors (Lipinski definition) is 1. The molecular weight excluding hydrogens is 460 g/mol. The molecule has 1 amide bonds. The lowest BCUT2D eigenvalue weighted by atomic mass is 9.97. The first-order valence-electron chi connectivity index (χ1n) is 12.3. The summed E-state index contributed by atoms with van der Waals surface area (Å²) in [6.07, 6.45) is 5.55. The van der Waals surface area contributed by atoms with Gasteiger partial charge in [-0.15, -0.1) is 0 Å². The van der Waals surface area contributed by atoms with E-state index in [1.54, 1.807) is 0 Å². The molecule has 186 valence electrons. The van der Waals surface area contributed by atoms with Gasteiger partial charge in [0.25, 0.3) is 5.91 Å². The van der Waals surface area contributed by atoms with E-state index >= 15 is 0 Å². The third-order valence-corrected chi connectivity index (χ3v) is 7.71. The summed E-state index contributed by atoms with van der Waals surface area (Å²) >= 11 is 0. The van der Waals surface area contributed by atoms with Crippen molar-refractivity contribution >= 4 is 38.6 Å². The average molecular weight is 495 g/mol. The third-order valence-electron chi connectivity index (χ3n) is 7.06. The van der Waals surface area contributed by atoms with E-state index in [9.17, 15) is 9.00 Å². The van der Waals surface area contributed by atoms with E-state index in [1.165, 1.54) is 12.7 Å². The highest BCUT2D eigenvalue weighted by molar-refractivity contribution is 8.00. The Bertz CT molecular complexity index is 1410. The number of likely N-dealkylation sites (tertiary alicyclic amines) is 1. The van der Waals surface area contributed by atoms with Gasteiger partial charge in [-0.25, -0.2) is 9.19 Å². The molecule has 0 bridgehead atoms. The van der Waals surface area contributed by atoms with Crippen LogP contribution in [-0.2, 0) is 9.71 Å². The van der Waals surface area contributed by atoms with Crippen LogP contribution in [0.2, 0.25) is 0 Å². The number of fused-ring (bicyclic) bond motifs is 1. The molecule has 2 fully saturated rings. The van der Waals surface area contributed by atoms with Gasteiger partial charge in [-0.05, 0) is 64.5 Å². The van der Waals surface area contributed by atoms with Gasteiger partial charge in [0.05, 0.1) is 23.0 Å². The number of hydrogen-bond acceptors (Lipinski definition) is 5. The van der Waals surface area contributed by atoms with Gasteiger partial charge in [0.1, 0.15) is 5.82 Å². The number of amides is 1. The van der Waals surface area contributed by atoms with Crippen molar-refractivity contribution in [1.82, 2.24) is 19.5 Å². The lowest BCUT2D eigenvalue weighted by Crippen LogP contribution is -2.40. The van der Waals surface area contributed by atoms with Crippen LogP contribution in [0, 0.1) is 20.8 Å². The molecule has 0 spiro atoms. The summed E-state index contributed by atoms with van der Waals surface area (Å²) in [7, 11) is -2.53. The largest absolute Gasteiger partial charge is 0.356 e. The Morgan fingerprint density at radius 3 is 2.57 bits per heavy atom. The van der Waals surface area contributed by atoms with Gasteiger partial charge in [-0.3, -0.25) is 4.79 Å². The minimum Gasteiger partial charge on any atom is -0.356 e. The molecule has 3 aromatic rings. The SMILES string of the molecule is C=S(C)(=O)Nc1ccc(C)cc1C(=O)N1CCCC[C@H]1c1cc2nc(C)c(C)c(N3CCC3)n2n1. The molecule has 0 aliphatic carbocycles. The summed E-state index contributed by atoms with van der Waals surface area (Å²) in [4.78, 5) is 23.0. The van der Waals surface area contributed by atoms with Crippen LogP contribution in [0.1, 0.15) is 64.6 Å². The molecule has 1 N–H and O–H groups in total. The van der Waals surface area contributed by atoms with Crippen molar-refractivity contribution in [3.05, 3.63) is 52.3 Å². The molecule has 4 heterocycles. The van der Waals surface area contributed by atoms with Crippen molar-refractivity contribution in [1.29, 1.82) is 0 Å². The molecule has 2 aliphatic heterocycles. The van der Waals surface area contributed by atoms with Gasteiger partial charge >= 0.3 is 0 Å². The van der Waals surface area contributed by atoms with E-state index in [0.717, 1.165) is 66.3 Å². The minimum atomic E-state index is -2.53. The normalized spacial score (nSPS) is 19.9. The lowest BCUT2D eigenvalue weighted by Gasteiger charge is -2.35. The first-order chi connectivity index (χ1) is 16.6. The zero-order valence-corrected chi connectivity index (χ0v) is 21.8. The molecule has 0 radical (unpaired) electrons. The zero-order valence-electron chi connectivity index (χ0n) is 21.0. The smallest absolute Gasteiger partial charge is 0.256 e. The fraction of sp³-hybridized carbons (Fsp3) is 0.462. The summed E-state index contributed by atoms with van der Waals surface area (Å²) < 4.78 is 17.3. The van der Waals surface area contributed by atoms with Crippen molar-refractivity contribution in [2.45, 2.75) is 52.5 Å². The number of rotatable bonds is 5. The van der Waals surface area contributed by atoms with Crippen LogP contribution in [-0.4, -0.2) is 61.4 Å². The van der Waals surface area contributed by atoms with Crippen LogP contribution in [0.4, 0.5) is 11.5 Å². The summed E-state index contributed by atoms with van der Waals surface area (Å²) in [5, 5.41) is 5.01. The maximum atomic E-state index is 13.9. The van der Waals surface area contributed by atoms with Crippen molar-refractivity contribution in [3.8, 4) is 0 Å². The van der Waals surface area contributed by atoms with Crippen LogP contribution >= 0.6 is 0 Å². The van der Waals surface area contributed by atoms with E-state index in [2.05, 4.69) is 22.4 Å². The molecule has 2 aromatic heterocycles. The molecule has 1 unspecified atom stereocenters. The van der Waals surface area contributed by atoms with Gasteiger partial charge in [0.15, 0.2) is 5.65 Å². The summed E-state index contributed by atoms with van der Waals surface area (Å²) in [6, 6.07) is 7.49. The summed E-state index contributed by atoms with van der Waals surface area (Å²) in [5.41, 5.74) is 5.89. The predicted molar refractivity (Wildman–Crippen MR) is 143 cm³/mol. The average Bonchev–Trinajstić information content (AvgIpc) is 3.18. The Balaban J connectivity index is 1.55. The monoisotopic (exact) mass is 494 g/mol. The lowest BCUT2D eigenvalue weighted by molar-refractivity contribution is 0.0606. The fourth-order valence-electron chi connectivity index (χ4n) is 5.06. The number of aromatic nitrogens is 3.